The summed E-state index contributed by atoms with van der Waals surface area (Å²) in [4.78, 5) is 1.87. The Labute approximate surface area is 134 Å². The number of anilines is 1. The van der Waals surface area contributed by atoms with Gasteiger partial charge in [0.1, 0.15) is 5.69 Å². The molecule has 1 aromatic carbocycles. The highest BCUT2D eigenvalue weighted by Gasteiger charge is 2.34. The van der Waals surface area contributed by atoms with E-state index in [2.05, 4.69) is 35.1 Å². The summed E-state index contributed by atoms with van der Waals surface area (Å²) in [5.41, 5.74) is 0.103. The van der Waals surface area contributed by atoms with Gasteiger partial charge in [-0.25, -0.2) is 8.78 Å². The molecular weight excluding hydrogens is 338 g/mol. The third-order valence-corrected chi connectivity index (χ3v) is 4.95. The molecule has 0 aliphatic carbocycles. The lowest BCUT2D eigenvalue weighted by Gasteiger charge is -2.44. The standard InChI is InChI=1S/C16H23BrF2N2/c1-4-6-20-15-5-7-21(11(3)10(15)2)16-13(18)8-12(17)9-14(16)19/h8-11,15,20H,4-7H2,1-3H3. The van der Waals surface area contributed by atoms with Crippen LogP contribution in [0.3, 0.4) is 0 Å². The minimum absolute atomic E-state index is 0.0956. The van der Waals surface area contributed by atoms with Crippen molar-refractivity contribution < 1.29 is 8.78 Å². The van der Waals surface area contributed by atoms with Gasteiger partial charge in [-0.1, -0.05) is 29.8 Å². The molecule has 3 unspecified atom stereocenters. The molecule has 0 aromatic heterocycles. The summed E-state index contributed by atoms with van der Waals surface area (Å²) in [5.74, 6) is -0.658. The van der Waals surface area contributed by atoms with E-state index in [0.717, 1.165) is 19.4 Å². The maximum Gasteiger partial charge on any atom is 0.150 e. The van der Waals surface area contributed by atoms with Crippen LogP contribution in [0.5, 0.6) is 0 Å². The molecule has 0 bridgehead atoms. The lowest BCUT2D eigenvalue weighted by Crippen LogP contribution is -2.54. The maximum atomic E-state index is 14.2. The molecule has 0 amide bonds. The van der Waals surface area contributed by atoms with Crippen LogP contribution >= 0.6 is 15.9 Å². The molecule has 5 heteroatoms. The van der Waals surface area contributed by atoms with Gasteiger partial charge in [-0.2, -0.15) is 0 Å². The molecule has 21 heavy (non-hydrogen) atoms. The lowest BCUT2D eigenvalue weighted by molar-refractivity contribution is 0.268. The second kappa shape index (κ2) is 7.05. The molecule has 1 N–H and O–H groups in total. The van der Waals surface area contributed by atoms with Crippen LogP contribution in [0.25, 0.3) is 0 Å². The summed E-state index contributed by atoms with van der Waals surface area (Å²) in [7, 11) is 0. The van der Waals surface area contributed by atoms with Crippen LogP contribution in [0.1, 0.15) is 33.6 Å². The monoisotopic (exact) mass is 360 g/mol. The van der Waals surface area contributed by atoms with Gasteiger partial charge in [0.25, 0.3) is 0 Å². The van der Waals surface area contributed by atoms with Gasteiger partial charge < -0.3 is 10.2 Å². The fraction of sp³-hybridized carbons (Fsp3) is 0.625. The predicted molar refractivity (Wildman–Crippen MR) is 86.7 cm³/mol. The third-order valence-electron chi connectivity index (χ3n) is 4.49. The number of hydrogen-bond donors (Lipinski definition) is 1. The van der Waals surface area contributed by atoms with E-state index in [9.17, 15) is 8.78 Å². The van der Waals surface area contributed by atoms with Crippen LogP contribution in [0.2, 0.25) is 0 Å². The van der Waals surface area contributed by atoms with Crippen LogP contribution in [0.4, 0.5) is 14.5 Å². The van der Waals surface area contributed by atoms with E-state index in [4.69, 9.17) is 0 Å². The molecule has 1 fully saturated rings. The first-order valence-electron chi connectivity index (χ1n) is 7.60. The summed E-state index contributed by atoms with van der Waals surface area (Å²) in [6.45, 7) is 8.00. The van der Waals surface area contributed by atoms with Gasteiger partial charge in [0, 0.05) is 23.1 Å². The summed E-state index contributed by atoms with van der Waals surface area (Å²) >= 11 is 3.13. The molecule has 1 aliphatic heterocycles. The van der Waals surface area contributed by atoms with Gasteiger partial charge in [-0.15, -0.1) is 0 Å². The number of nitrogens with zero attached hydrogens (tertiary/aromatic N) is 1. The first kappa shape index (κ1) is 16.7. The second-order valence-electron chi connectivity index (χ2n) is 5.86. The Hall–Kier alpha value is -0.680. The molecule has 2 nitrogen and oxygen atoms in total. The number of nitrogens with one attached hydrogen (secondary N) is 1. The summed E-state index contributed by atoms with van der Waals surface area (Å²) < 4.78 is 28.8. The van der Waals surface area contributed by atoms with E-state index in [-0.39, 0.29) is 11.7 Å². The zero-order chi connectivity index (χ0) is 15.6. The van der Waals surface area contributed by atoms with Crippen LogP contribution in [0.15, 0.2) is 16.6 Å². The number of rotatable bonds is 4. The Morgan fingerprint density at radius 2 is 1.90 bits per heavy atom. The molecule has 118 valence electrons. The quantitative estimate of drug-likeness (QED) is 0.859. The Kier molecular flexibility index (Phi) is 5.60. The molecule has 0 saturated carbocycles. The fourth-order valence-corrected chi connectivity index (χ4v) is 3.51. The highest BCUT2D eigenvalue weighted by atomic mass is 79.9. The van der Waals surface area contributed by atoms with Crippen molar-refractivity contribution in [3.8, 4) is 0 Å². The zero-order valence-corrected chi connectivity index (χ0v) is 14.4. The van der Waals surface area contributed by atoms with Crippen molar-refractivity contribution in [3.05, 3.63) is 28.2 Å². The van der Waals surface area contributed by atoms with Crippen molar-refractivity contribution in [1.82, 2.24) is 5.32 Å². The minimum atomic E-state index is -0.499. The molecule has 1 heterocycles. The van der Waals surface area contributed by atoms with E-state index in [1.165, 1.54) is 12.1 Å². The molecule has 1 aromatic rings. The predicted octanol–water partition coefficient (Wildman–Crippen LogP) is 4.33. The SMILES string of the molecule is CCCNC1CCN(c2c(F)cc(Br)cc2F)C(C)C1C. The summed E-state index contributed by atoms with van der Waals surface area (Å²) in [6, 6.07) is 3.17. The van der Waals surface area contributed by atoms with Crippen molar-refractivity contribution in [1.29, 1.82) is 0 Å². The largest absolute Gasteiger partial charge is 0.364 e. The van der Waals surface area contributed by atoms with Gasteiger partial charge in [-0.05, 0) is 44.4 Å². The number of halogens is 3. The molecule has 1 saturated heterocycles. The Bertz CT molecular complexity index is 472. The van der Waals surface area contributed by atoms with Gasteiger partial charge in [0.05, 0.1) is 0 Å². The first-order valence-corrected chi connectivity index (χ1v) is 8.39. The topological polar surface area (TPSA) is 15.3 Å². The van der Waals surface area contributed by atoms with Crippen molar-refractivity contribution in [3.63, 3.8) is 0 Å². The van der Waals surface area contributed by atoms with Crippen molar-refractivity contribution in [2.75, 3.05) is 18.0 Å². The van der Waals surface area contributed by atoms with Crippen molar-refractivity contribution >= 4 is 21.6 Å². The normalized spacial score (nSPS) is 26.2. The summed E-state index contributed by atoms with van der Waals surface area (Å²) in [6.07, 6.45) is 2.00. The molecule has 3 atom stereocenters. The first-order chi connectivity index (χ1) is 9.95. The van der Waals surface area contributed by atoms with E-state index in [1.807, 2.05) is 11.8 Å². The van der Waals surface area contributed by atoms with Crippen LogP contribution < -0.4 is 10.2 Å². The summed E-state index contributed by atoms with van der Waals surface area (Å²) in [5, 5.41) is 3.54. The van der Waals surface area contributed by atoms with Crippen molar-refractivity contribution in [2.45, 2.75) is 45.7 Å². The van der Waals surface area contributed by atoms with Crippen LogP contribution in [-0.2, 0) is 0 Å². The molecular formula is C16H23BrF2N2. The molecule has 2 rings (SSSR count). The highest BCUT2D eigenvalue weighted by Crippen LogP contribution is 2.34. The number of hydrogen-bond acceptors (Lipinski definition) is 2. The maximum absolute atomic E-state index is 14.2. The van der Waals surface area contributed by atoms with Gasteiger partial charge in [-0.3, -0.25) is 0 Å². The van der Waals surface area contributed by atoms with Gasteiger partial charge in [0.2, 0.25) is 0 Å². The third kappa shape index (κ3) is 3.57. The minimum Gasteiger partial charge on any atom is -0.364 e. The van der Waals surface area contributed by atoms with E-state index < -0.39 is 11.6 Å². The van der Waals surface area contributed by atoms with Gasteiger partial charge in [0.15, 0.2) is 11.6 Å². The lowest BCUT2D eigenvalue weighted by atomic mass is 9.86. The Morgan fingerprint density at radius 3 is 2.48 bits per heavy atom. The van der Waals surface area contributed by atoms with Gasteiger partial charge >= 0.3 is 0 Å². The average Bonchev–Trinajstić information content (AvgIpc) is 2.41. The number of piperidine rings is 1. The number of benzene rings is 1. The highest BCUT2D eigenvalue weighted by molar-refractivity contribution is 9.10. The molecule has 0 radical (unpaired) electrons. The van der Waals surface area contributed by atoms with E-state index >= 15 is 0 Å². The fourth-order valence-electron chi connectivity index (χ4n) is 3.11. The smallest absolute Gasteiger partial charge is 0.150 e. The van der Waals surface area contributed by atoms with Crippen LogP contribution in [0, 0.1) is 17.6 Å². The Balaban J connectivity index is 2.20. The van der Waals surface area contributed by atoms with Crippen molar-refractivity contribution in [2.24, 2.45) is 5.92 Å². The second-order valence-corrected chi connectivity index (χ2v) is 6.78. The van der Waals surface area contributed by atoms with E-state index in [0.29, 0.717) is 23.0 Å². The van der Waals surface area contributed by atoms with E-state index in [1.54, 1.807) is 0 Å². The zero-order valence-electron chi connectivity index (χ0n) is 12.8. The molecule has 1 aliphatic rings. The Morgan fingerprint density at radius 1 is 1.29 bits per heavy atom. The average molecular weight is 361 g/mol. The van der Waals surface area contributed by atoms with Crippen LogP contribution in [-0.4, -0.2) is 25.2 Å². The molecule has 0 spiro atoms.